The molecule has 0 amide bonds. The molecule has 0 saturated carbocycles. The standard InChI is InChI=1S/C16H12O8/c17-7-3-8(18)14-9(19)5-12(22)16(24-13(14)4-7)6-1-10(20)15(23)11(21)2-6/h1-4,17-18,20-23H,5H2. The van der Waals surface area contributed by atoms with Gasteiger partial charge in [0.1, 0.15) is 28.6 Å². The Labute approximate surface area is 134 Å². The molecule has 8 nitrogen and oxygen atoms in total. The number of ketones is 1. The van der Waals surface area contributed by atoms with Crippen molar-refractivity contribution in [1.82, 2.24) is 0 Å². The predicted octanol–water partition coefficient (Wildman–Crippen LogP) is 2.11. The average Bonchev–Trinajstić information content (AvgIpc) is 2.60. The summed E-state index contributed by atoms with van der Waals surface area (Å²) >= 11 is 0. The molecule has 1 aliphatic rings. The summed E-state index contributed by atoms with van der Waals surface area (Å²) in [6, 6.07) is 4.06. The first-order chi connectivity index (χ1) is 11.3. The van der Waals surface area contributed by atoms with Crippen molar-refractivity contribution in [2.24, 2.45) is 0 Å². The van der Waals surface area contributed by atoms with Crippen LogP contribution in [0.25, 0.3) is 5.76 Å². The van der Waals surface area contributed by atoms with Gasteiger partial charge < -0.3 is 35.4 Å². The molecular weight excluding hydrogens is 320 g/mol. The van der Waals surface area contributed by atoms with Gasteiger partial charge in [-0.05, 0) is 12.1 Å². The lowest BCUT2D eigenvalue weighted by molar-refractivity contribution is 0.0979. The third kappa shape index (κ3) is 2.39. The van der Waals surface area contributed by atoms with Gasteiger partial charge in [-0.1, -0.05) is 0 Å². The highest BCUT2D eigenvalue weighted by atomic mass is 16.5. The maximum absolute atomic E-state index is 12.2. The lowest BCUT2D eigenvalue weighted by Crippen LogP contribution is -2.00. The van der Waals surface area contributed by atoms with E-state index in [0.717, 1.165) is 24.3 Å². The molecule has 24 heavy (non-hydrogen) atoms. The van der Waals surface area contributed by atoms with Crippen molar-refractivity contribution in [2.75, 3.05) is 0 Å². The van der Waals surface area contributed by atoms with E-state index in [1.165, 1.54) is 0 Å². The molecule has 0 radical (unpaired) electrons. The molecule has 2 aromatic carbocycles. The second-order valence-corrected chi connectivity index (χ2v) is 5.18. The molecule has 0 aliphatic carbocycles. The quantitative estimate of drug-likeness (QED) is 0.435. The topological polar surface area (TPSA) is 148 Å². The van der Waals surface area contributed by atoms with Crippen molar-refractivity contribution >= 4 is 11.5 Å². The van der Waals surface area contributed by atoms with Crippen LogP contribution < -0.4 is 4.74 Å². The van der Waals surface area contributed by atoms with Gasteiger partial charge in [-0.2, -0.15) is 0 Å². The molecule has 0 aromatic heterocycles. The number of benzene rings is 2. The lowest BCUT2D eigenvalue weighted by atomic mass is 10.0. The molecule has 2 aromatic rings. The number of hydrogen-bond donors (Lipinski definition) is 6. The Morgan fingerprint density at radius 2 is 1.46 bits per heavy atom. The average molecular weight is 332 g/mol. The number of allylic oxidation sites excluding steroid dienone is 1. The number of hydrogen-bond acceptors (Lipinski definition) is 8. The number of fused-ring (bicyclic) bond motifs is 1. The number of aliphatic hydroxyl groups excluding tert-OH is 1. The third-order valence-corrected chi connectivity index (χ3v) is 3.48. The van der Waals surface area contributed by atoms with Crippen LogP contribution in [0.2, 0.25) is 0 Å². The first-order valence-electron chi connectivity index (χ1n) is 6.72. The number of phenols is 5. The van der Waals surface area contributed by atoms with Crippen molar-refractivity contribution in [3.63, 3.8) is 0 Å². The first kappa shape index (κ1) is 15.3. The number of rotatable bonds is 1. The normalized spacial score (nSPS) is 14.1. The second-order valence-electron chi connectivity index (χ2n) is 5.18. The van der Waals surface area contributed by atoms with E-state index in [9.17, 15) is 35.4 Å². The largest absolute Gasteiger partial charge is 0.508 e. The Hall–Kier alpha value is -3.55. The van der Waals surface area contributed by atoms with Crippen LogP contribution in [0.15, 0.2) is 30.0 Å². The monoisotopic (exact) mass is 332 g/mol. The van der Waals surface area contributed by atoms with Crippen molar-refractivity contribution in [1.29, 1.82) is 0 Å². The Morgan fingerprint density at radius 3 is 2.08 bits per heavy atom. The SMILES string of the molecule is O=C1CC(O)=C(c2cc(O)c(O)c(O)c2)Oc2cc(O)cc(O)c21. The van der Waals surface area contributed by atoms with Crippen molar-refractivity contribution < 1.29 is 40.2 Å². The zero-order valence-corrected chi connectivity index (χ0v) is 12.0. The fourth-order valence-electron chi connectivity index (χ4n) is 2.40. The molecule has 0 atom stereocenters. The van der Waals surface area contributed by atoms with Gasteiger partial charge in [0.05, 0.1) is 6.42 Å². The van der Waals surface area contributed by atoms with Gasteiger partial charge in [-0.25, -0.2) is 0 Å². The maximum atomic E-state index is 12.2. The summed E-state index contributed by atoms with van der Waals surface area (Å²) in [4.78, 5) is 12.2. The minimum Gasteiger partial charge on any atom is -0.508 e. The number of aromatic hydroxyl groups is 5. The molecule has 3 rings (SSSR count). The number of carbonyl (C=O) groups excluding carboxylic acids is 1. The van der Waals surface area contributed by atoms with E-state index in [1.54, 1.807) is 0 Å². The molecule has 1 heterocycles. The highest BCUT2D eigenvalue weighted by molar-refractivity contribution is 6.04. The van der Waals surface area contributed by atoms with Gasteiger partial charge in [0.2, 0.25) is 0 Å². The Kier molecular flexibility index (Phi) is 3.37. The fourth-order valence-corrected chi connectivity index (χ4v) is 2.40. The molecule has 0 unspecified atom stereocenters. The summed E-state index contributed by atoms with van der Waals surface area (Å²) in [5.74, 6) is -4.61. The minimum atomic E-state index is -0.751. The van der Waals surface area contributed by atoms with Crippen LogP contribution in [0, 0.1) is 0 Å². The summed E-state index contributed by atoms with van der Waals surface area (Å²) in [7, 11) is 0. The second kappa shape index (κ2) is 5.27. The van der Waals surface area contributed by atoms with Crippen LogP contribution in [-0.4, -0.2) is 36.4 Å². The molecule has 124 valence electrons. The van der Waals surface area contributed by atoms with Crippen LogP contribution >= 0.6 is 0 Å². The van der Waals surface area contributed by atoms with E-state index in [-0.39, 0.29) is 28.4 Å². The van der Waals surface area contributed by atoms with Gasteiger partial charge in [-0.15, -0.1) is 0 Å². The molecule has 8 heteroatoms. The van der Waals surface area contributed by atoms with Gasteiger partial charge in [0.15, 0.2) is 28.8 Å². The minimum absolute atomic E-state index is 0.0243. The zero-order chi connectivity index (χ0) is 17.6. The van der Waals surface area contributed by atoms with E-state index in [4.69, 9.17) is 4.74 Å². The molecule has 0 fully saturated rings. The van der Waals surface area contributed by atoms with Crippen LogP contribution in [0.3, 0.4) is 0 Å². The summed E-state index contributed by atoms with van der Waals surface area (Å²) < 4.78 is 5.42. The molecule has 0 saturated heterocycles. The molecule has 1 aliphatic heterocycles. The summed E-state index contributed by atoms with van der Waals surface area (Å²) in [6.45, 7) is 0. The van der Waals surface area contributed by atoms with E-state index in [2.05, 4.69) is 0 Å². The van der Waals surface area contributed by atoms with Crippen LogP contribution in [0.5, 0.6) is 34.5 Å². The number of ether oxygens (including phenoxy) is 1. The van der Waals surface area contributed by atoms with Crippen molar-refractivity contribution in [3.05, 3.63) is 41.2 Å². The van der Waals surface area contributed by atoms with Crippen LogP contribution in [0.1, 0.15) is 22.3 Å². The van der Waals surface area contributed by atoms with Gasteiger partial charge in [0.25, 0.3) is 0 Å². The van der Waals surface area contributed by atoms with Gasteiger partial charge in [-0.3, -0.25) is 4.79 Å². The number of Topliss-reactive ketones (excluding diaryl/α,β-unsaturated/α-hetero) is 1. The number of phenolic OH excluding ortho intramolecular Hbond substituents is 5. The smallest absolute Gasteiger partial charge is 0.200 e. The fraction of sp³-hybridized carbons (Fsp3) is 0.0625. The van der Waals surface area contributed by atoms with E-state index < -0.39 is 41.0 Å². The maximum Gasteiger partial charge on any atom is 0.200 e. The Balaban J connectivity index is 2.18. The van der Waals surface area contributed by atoms with Gasteiger partial charge in [0, 0.05) is 17.7 Å². The van der Waals surface area contributed by atoms with Gasteiger partial charge >= 0.3 is 0 Å². The molecule has 6 N–H and O–H groups in total. The predicted molar refractivity (Wildman–Crippen MR) is 80.3 cm³/mol. The number of carbonyl (C=O) groups is 1. The Bertz CT molecular complexity index is 874. The summed E-state index contributed by atoms with van der Waals surface area (Å²) in [6.07, 6.45) is -0.511. The number of aliphatic hydroxyl groups is 1. The first-order valence-corrected chi connectivity index (χ1v) is 6.72. The lowest BCUT2D eigenvalue weighted by Gasteiger charge is -2.13. The van der Waals surface area contributed by atoms with Crippen molar-refractivity contribution in [3.8, 4) is 34.5 Å². The molecule has 0 bridgehead atoms. The summed E-state index contributed by atoms with van der Waals surface area (Å²) in [5.41, 5.74) is -0.245. The van der Waals surface area contributed by atoms with Crippen LogP contribution in [0.4, 0.5) is 0 Å². The van der Waals surface area contributed by atoms with E-state index >= 15 is 0 Å². The van der Waals surface area contributed by atoms with E-state index in [1.807, 2.05) is 0 Å². The van der Waals surface area contributed by atoms with E-state index in [0.29, 0.717) is 0 Å². The molecule has 0 spiro atoms. The van der Waals surface area contributed by atoms with Crippen molar-refractivity contribution in [2.45, 2.75) is 6.42 Å². The highest BCUT2D eigenvalue weighted by Crippen LogP contribution is 2.42. The zero-order valence-electron chi connectivity index (χ0n) is 12.0. The summed E-state index contributed by atoms with van der Waals surface area (Å²) in [5, 5.41) is 58.1. The molecular formula is C16H12O8. The van der Waals surface area contributed by atoms with Crippen LogP contribution in [-0.2, 0) is 0 Å². The highest BCUT2D eigenvalue weighted by Gasteiger charge is 2.28. The third-order valence-electron chi connectivity index (χ3n) is 3.48. The Morgan fingerprint density at radius 1 is 0.833 bits per heavy atom.